The van der Waals surface area contributed by atoms with Gasteiger partial charge in [0.15, 0.2) is 5.17 Å². The van der Waals surface area contributed by atoms with Crippen LogP contribution in [0.2, 0.25) is 0 Å². The van der Waals surface area contributed by atoms with E-state index in [1.807, 2.05) is 23.3 Å². The lowest BCUT2D eigenvalue weighted by Crippen LogP contribution is -2.36. The molecule has 1 aliphatic heterocycles. The van der Waals surface area contributed by atoms with Gasteiger partial charge in [-0.1, -0.05) is 29.2 Å². The SMILES string of the molecule is CCN1C(=NN=c2sc3cc(S(=O)(=O)ON)ccc3n2CC)SC2C=C(S(=O)(=O)ON)C=CC21. The summed E-state index contributed by atoms with van der Waals surface area (Å²) in [6.07, 6.45) is 4.85. The van der Waals surface area contributed by atoms with Crippen molar-refractivity contribution >= 4 is 58.7 Å². The molecule has 12 nitrogen and oxygen atoms in total. The number of hydrogen-bond donors (Lipinski definition) is 2. The number of aromatic nitrogens is 1. The largest absolute Gasteiger partial charge is 0.342 e. The molecule has 0 spiro atoms. The Morgan fingerprint density at radius 2 is 1.79 bits per heavy atom. The Hall–Kier alpha value is -2.05. The van der Waals surface area contributed by atoms with Gasteiger partial charge in [-0.3, -0.25) is 0 Å². The van der Waals surface area contributed by atoms with Crippen molar-refractivity contribution in [1.29, 1.82) is 0 Å². The number of allylic oxidation sites excluding steroid dienone is 1. The number of benzene rings is 1. The van der Waals surface area contributed by atoms with E-state index < -0.39 is 20.2 Å². The summed E-state index contributed by atoms with van der Waals surface area (Å²) in [5, 5.41) is 9.32. The number of rotatable bonds is 7. The molecule has 0 bridgehead atoms. The average molecular weight is 547 g/mol. The lowest BCUT2D eigenvalue weighted by molar-refractivity contribution is 0.333. The molecule has 0 amide bonds. The highest BCUT2D eigenvalue weighted by Crippen LogP contribution is 2.37. The Labute approximate surface area is 204 Å². The number of hydrogen-bond acceptors (Lipinski definition) is 12. The van der Waals surface area contributed by atoms with E-state index in [1.165, 1.54) is 41.3 Å². The van der Waals surface area contributed by atoms with Crippen molar-refractivity contribution in [2.45, 2.75) is 36.6 Å². The molecule has 1 aromatic carbocycles. The maximum absolute atomic E-state index is 12.0. The zero-order chi connectivity index (χ0) is 24.7. The van der Waals surface area contributed by atoms with Gasteiger partial charge in [0.1, 0.15) is 0 Å². The zero-order valence-electron chi connectivity index (χ0n) is 18.1. The van der Waals surface area contributed by atoms with E-state index in [9.17, 15) is 16.8 Å². The fourth-order valence-electron chi connectivity index (χ4n) is 3.70. The highest BCUT2D eigenvalue weighted by atomic mass is 32.2. The molecule has 2 heterocycles. The Morgan fingerprint density at radius 3 is 2.44 bits per heavy atom. The van der Waals surface area contributed by atoms with Gasteiger partial charge in [0, 0.05) is 13.1 Å². The molecule has 1 aliphatic carbocycles. The Balaban J connectivity index is 1.73. The van der Waals surface area contributed by atoms with Crippen LogP contribution in [0.1, 0.15) is 13.8 Å². The fraction of sp³-hybridized carbons (Fsp3) is 0.333. The van der Waals surface area contributed by atoms with Crippen LogP contribution in [0.5, 0.6) is 0 Å². The lowest BCUT2D eigenvalue weighted by atomic mass is 10.1. The first-order valence-electron chi connectivity index (χ1n) is 10.00. The maximum atomic E-state index is 12.0. The molecule has 2 aromatic rings. The van der Waals surface area contributed by atoms with Crippen LogP contribution in [0.4, 0.5) is 0 Å². The van der Waals surface area contributed by atoms with E-state index in [0.717, 1.165) is 5.52 Å². The highest BCUT2D eigenvalue weighted by molar-refractivity contribution is 8.14. The first kappa shape index (κ1) is 25.1. The first-order chi connectivity index (χ1) is 16.1. The standard InChI is InChI=1S/C18H22N6O6S4/c1-3-23-13-7-5-11(33(25,26)29-19)9-15(13)31-17(23)21-22-18-24(4-2)14-8-6-12(10-16(14)32-18)34(27,28)30-20/h5-10,13,15H,3-4,19-20H2,1-2H3. The van der Waals surface area contributed by atoms with Gasteiger partial charge in [-0.2, -0.15) is 37.2 Å². The molecule has 1 saturated heterocycles. The summed E-state index contributed by atoms with van der Waals surface area (Å²) in [6.45, 7) is 5.14. The smallest absolute Gasteiger partial charge is 0.312 e. The topological polar surface area (TPSA) is 172 Å². The summed E-state index contributed by atoms with van der Waals surface area (Å²) in [7, 11) is -8.03. The molecule has 184 valence electrons. The summed E-state index contributed by atoms with van der Waals surface area (Å²) >= 11 is 2.66. The van der Waals surface area contributed by atoms with Crippen molar-refractivity contribution in [3.63, 3.8) is 0 Å². The summed E-state index contributed by atoms with van der Waals surface area (Å²) in [5.41, 5.74) is 0.796. The third kappa shape index (κ3) is 4.47. The second kappa shape index (κ2) is 9.54. The van der Waals surface area contributed by atoms with E-state index in [4.69, 9.17) is 11.8 Å². The predicted molar refractivity (Wildman–Crippen MR) is 130 cm³/mol. The summed E-state index contributed by atoms with van der Waals surface area (Å²) in [5.74, 6) is 9.79. The number of likely N-dealkylation sites (N-methyl/N-ethyl adjacent to an activating group) is 1. The Morgan fingerprint density at radius 1 is 1.06 bits per heavy atom. The van der Waals surface area contributed by atoms with Crippen LogP contribution < -0.4 is 16.6 Å². The molecular formula is C18H22N6O6S4. The molecule has 2 aliphatic rings. The number of thiazole rings is 1. The third-order valence-corrected chi connectivity index (χ3v) is 9.77. The van der Waals surface area contributed by atoms with Gasteiger partial charge in [0.05, 0.1) is 31.3 Å². The molecule has 34 heavy (non-hydrogen) atoms. The van der Waals surface area contributed by atoms with Gasteiger partial charge < -0.3 is 9.47 Å². The van der Waals surface area contributed by atoms with Crippen molar-refractivity contribution < 1.29 is 25.4 Å². The van der Waals surface area contributed by atoms with Gasteiger partial charge in [-0.15, -0.1) is 10.2 Å². The lowest BCUT2D eigenvalue weighted by Gasteiger charge is -2.25. The van der Waals surface area contributed by atoms with Crippen LogP contribution in [0.25, 0.3) is 10.2 Å². The number of nitrogens with two attached hydrogens (primary N) is 2. The zero-order valence-corrected chi connectivity index (χ0v) is 21.3. The minimum Gasteiger partial charge on any atom is -0.342 e. The number of amidine groups is 1. The average Bonchev–Trinajstić information content (AvgIpc) is 3.38. The molecule has 0 radical (unpaired) electrons. The number of fused-ring (bicyclic) bond motifs is 2. The van der Waals surface area contributed by atoms with Crippen LogP contribution in [-0.2, 0) is 35.3 Å². The van der Waals surface area contributed by atoms with Gasteiger partial charge in [-0.05, 0) is 44.2 Å². The number of nitrogens with zero attached hydrogens (tertiary/aromatic N) is 4. The molecule has 2 unspecified atom stereocenters. The molecule has 2 atom stereocenters. The van der Waals surface area contributed by atoms with Gasteiger partial charge in [-0.25, -0.2) is 0 Å². The third-order valence-electron chi connectivity index (χ3n) is 5.33. The quantitative estimate of drug-likeness (QED) is 0.476. The van der Waals surface area contributed by atoms with Crippen molar-refractivity contribution in [3.05, 3.63) is 46.1 Å². The van der Waals surface area contributed by atoms with Crippen LogP contribution >= 0.6 is 23.1 Å². The van der Waals surface area contributed by atoms with E-state index >= 15 is 0 Å². The van der Waals surface area contributed by atoms with Crippen molar-refractivity contribution in [1.82, 2.24) is 9.47 Å². The maximum Gasteiger partial charge on any atom is 0.312 e. The van der Waals surface area contributed by atoms with Crippen LogP contribution in [0.3, 0.4) is 0 Å². The minimum absolute atomic E-state index is 0.00135. The summed E-state index contributed by atoms with van der Waals surface area (Å²) < 4.78 is 58.6. The molecule has 4 N–H and O–H groups in total. The second-order valence-corrected chi connectivity index (χ2v) is 12.4. The molecule has 4 rings (SSSR count). The first-order valence-corrected chi connectivity index (χ1v) is 14.5. The molecule has 1 fully saturated rings. The van der Waals surface area contributed by atoms with Gasteiger partial charge >= 0.3 is 20.2 Å². The van der Waals surface area contributed by atoms with E-state index in [2.05, 4.69) is 18.8 Å². The molecule has 16 heteroatoms. The van der Waals surface area contributed by atoms with Gasteiger partial charge in [0.25, 0.3) is 0 Å². The summed E-state index contributed by atoms with van der Waals surface area (Å²) in [4.78, 5) is 2.54. The van der Waals surface area contributed by atoms with E-state index in [1.54, 1.807) is 18.2 Å². The molecule has 1 aromatic heterocycles. The second-order valence-electron chi connectivity index (χ2n) is 7.13. The molecular weight excluding hydrogens is 525 g/mol. The van der Waals surface area contributed by atoms with E-state index in [-0.39, 0.29) is 21.1 Å². The fourth-order valence-corrected chi connectivity index (χ4v) is 7.53. The van der Waals surface area contributed by atoms with Crippen molar-refractivity contribution in [2.24, 2.45) is 22.0 Å². The Kier molecular flexibility index (Phi) is 7.03. The van der Waals surface area contributed by atoms with Gasteiger partial charge in [0.2, 0.25) is 4.80 Å². The minimum atomic E-state index is -4.03. The number of aryl methyl sites for hydroxylation is 1. The molecule has 0 saturated carbocycles. The van der Waals surface area contributed by atoms with Crippen molar-refractivity contribution in [3.8, 4) is 0 Å². The Bertz CT molecular complexity index is 1490. The van der Waals surface area contributed by atoms with Crippen LogP contribution in [0.15, 0.2) is 56.4 Å². The highest BCUT2D eigenvalue weighted by Gasteiger charge is 2.39. The van der Waals surface area contributed by atoms with Crippen LogP contribution in [-0.4, -0.2) is 49.3 Å². The summed E-state index contributed by atoms with van der Waals surface area (Å²) in [6, 6.07) is 4.48. The van der Waals surface area contributed by atoms with E-state index in [0.29, 0.717) is 27.8 Å². The van der Waals surface area contributed by atoms with Crippen LogP contribution in [0, 0.1) is 0 Å². The number of thioether (sulfide) groups is 1. The normalized spacial score (nSPS) is 22.6. The monoisotopic (exact) mass is 546 g/mol. The van der Waals surface area contributed by atoms with Crippen molar-refractivity contribution in [2.75, 3.05) is 6.54 Å². The predicted octanol–water partition coefficient (Wildman–Crippen LogP) is 0.953.